The first kappa shape index (κ1) is 12.4. The molecule has 3 atom stereocenters. The Kier molecular flexibility index (Phi) is 2.90. The summed E-state index contributed by atoms with van der Waals surface area (Å²) in [5.74, 6) is -0.368. The van der Waals surface area contributed by atoms with Crippen LogP contribution in [0.1, 0.15) is 32.6 Å². The average Bonchev–Trinajstić information content (AvgIpc) is 2.56. The minimum atomic E-state index is -0.598. The van der Waals surface area contributed by atoms with Gasteiger partial charge in [-0.3, -0.25) is 9.69 Å². The standard InChI is InChI=1S/C14H24N2O2/c1-9-3-11(4-12(9)13(17)18)16-7-14(8-16)5-10(6-14)15-2/h9-12,15H,3-8H2,1-2H3,(H,17,18). The lowest BCUT2D eigenvalue weighted by Gasteiger charge is -2.61. The number of carboxylic acid groups (broad SMARTS) is 1. The van der Waals surface area contributed by atoms with Crippen molar-refractivity contribution >= 4 is 5.97 Å². The summed E-state index contributed by atoms with van der Waals surface area (Å²) in [7, 11) is 2.05. The van der Waals surface area contributed by atoms with E-state index in [2.05, 4.69) is 17.1 Å². The number of rotatable bonds is 3. The van der Waals surface area contributed by atoms with Crippen LogP contribution in [0.25, 0.3) is 0 Å². The molecule has 1 aliphatic heterocycles. The minimum absolute atomic E-state index is 0.113. The van der Waals surface area contributed by atoms with E-state index in [1.807, 2.05) is 7.05 Å². The van der Waals surface area contributed by atoms with E-state index in [9.17, 15) is 9.90 Å². The van der Waals surface area contributed by atoms with Crippen LogP contribution in [0.4, 0.5) is 0 Å². The molecule has 1 spiro atoms. The van der Waals surface area contributed by atoms with E-state index in [0.29, 0.717) is 17.4 Å². The lowest BCUT2D eigenvalue weighted by atomic mass is 9.60. The van der Waals surface area contributed by atoms with Crippen molar-refractivity contribution in [2.24, 2.45) is 17.3 Å². The summed E-state index contributed by atoms with van der Waals surface area (Å²) in [5.41, 5.74) is 0.582. The van der Waals surface area contributed by atoms with Crippen molar-refractivity contribution in [1.29, 1.82) is 0 Å². The van der Waals surface area contributed by atoms with Crippen molar-refractivity contribution in [2.75, 3.05) is 20.1 Å². The van der Waals surface area contributed by atoms with E-state index in [-0.39, 0.29) is 5.92 Å². The van der Waals surface area contributed by atoms with Crippen LogP contribution in [-0.2, 0) is 4.79 Å². The highest BCUT2D eigenvalue weighted by Gasteiger charge is 2.54. The Morgan fingerprint density at radius 2 is 2.00 bits per heavy atom. The maximum Gasteiger partial charge on any atom is 0.306 e. The number of carboxylic acids is 1. The van der Waals surface area contributed by atoms with E-state index in [4.69, 9.17) is 0 Å². The summed E-state index contributed by atoms with van der Waals surface area (Å²) in [4.78, 5) is 13.7. The maximum absolute atomic E-state index is 11.1. The van der Waals surface area contributed by atoms with Crippen molar-refractivity contribution in [1.82, 2.24) is 10.2 Å². The van der Waals surface area contributed by atoms with Gasteiger partial charge in [0.25, 0.3) is 0 Å². The SMILES string of the molecule is CNC1CC2(C1)CN(C1CC(C)C(C(=O)O)C1)C2. The molecule has 4 heteroatoms. The zero-order chi connectivity index (χ0) is 12.9. The molecule has 2 N–H and O–H groups in total. The molecule has 3 fully saturated rings. The number of carbonyl (C=O) groups is 1. The highest BCUT2D eigenvalue weighted by molar-refractivity contribution is 5.70. The Bertz CT molecular complexity index is 344. The summed E-state index contributed by atoms with van der Waals surface area (Å²) in [5, 5.41) is 12.5. The summed E-state index contributed by atoms with van der Waals surface area (Å²) < 4.78 is 0. The monoisotopic (exact) mass is 252 g/mol. The Balaban J connectivity index is 1.50. The maximum atomic E-state index is 11.1. The van der Waals surface area contributed by atoms with Gasteiger partial charge >= 0.3 is 5.97 Å². The molecule has 3 rings (SSSR count). The molecule has 0 radical (unpaired) electrons. The highest BCUT2D eigenvalue weighted by atomic mass is 16.4. The van der Waals surface area contributed by atoms with Gasteiger partial charge in [0.15, 0.2) is 0 Å². The lowest BCUT2D eigenvalue weighted by molar-refractivity contribution is -0.143. The fraction of sp³-hybridized carbons (Fsp3) is 0.929. The van der Waals surface area contributed by atoms with Crippen molar-refractivity contribution in [3.8, 4) is 0 Å². The first-order valence-corrected chi connectivity index (χ1v) is 7.17. The lowest BCUT2D eigenvalue weighted by Crippen LogP contribution is -2.67. The molecule has 0 amide bonds. The fourth-order valence-corrected chi connectivity index (χ4v) is 4.38. The van der Waals surface area contributed by atoms with Crippen LogP contribution < -0.4 is 5.32 Å². The Morgan fingerprint density at radius 3 is 2.50 bits per heavy atom. The van der Waals surface area contributed by atoms with Crippen LogP contribution >= 0.6 is 0 Å². The van der Waals surface area contributed by atoms with Crippen molar-refractivity contribution in [3.63, 3.8) is 0 Å². The number of likely N-dealkylation sites (tertiary alicyclic amines) is 1. The van der Waals surface area contributed by atoms with Gasteiger partial charge in [-0.1, -0.05) is 6.92 Å². The Morgan fingerprint density at radius 1 is 1.33 bits per heavy atom. The van der Waals surface area contributed by atoms with Gasteiger partial charge in [0.2, 0.25) is 0 Å². The molecular formula is C14H24N2O2. The summed E-state index contributed by atoms with van der Waals surface area (Å²) in [6.07, 6.45) is 4.56. The second kappa shape index (κ2) is 4.20. The molecule has 3 aliphatic rings. The molecule has 102 valence electrons. The average molecular weight is 252 g/mol. The molecule has 3 unspecified atom stereocenters. The molecule has 2 aliphatic carbocycles. The van der Waals surface area contributed by atoms with Crippen LogP contribution in [0.5, 0.6) is 0 Å². The number of aliphatic carboxylic acids is 1. The quantitative estimate of drug-likeness (QED) is 0.791. The zero-order valence-corrected chi connectivity index (χ0v) is 11.4. The van der Waals surface area contributed by atoms with Gasteiger partial charge in [-0.15, -0.1) is 0 Å². The largest absolute Gasteiger partial charge is 0.481 e. The number of hydrogen-bond acceptors (Lipinski definition) is 3. The molecule has 4 nitrogen and oxygen atoms in total. The second-order valence-corrected chi connectivity index (χ2v) is 6.85. The van der Waals surface area contributed by atoms with Crippen molar-refractivity contribution in [3.05, 3.63) is 0 Å². The normalized spacial score (nSPS) is 39.6. The second-order valence-electron chi connectivity index (χ2n) is 6.85. The molecule has 1 heterocycles. The Hall–Kier alpha value is -0.610. The third-order valence-electron chi connectivity index (χ3n) is 5.53. The van der Waals surface area contributed by atoms with Gasteiger partial charge in [-0.25, -0.2) is 0 Å². The zero-order valence-electron chi connectivity index (χ0n) is 11.4. The first-order chi connectivity index (χ1) is 8.53. The molecule has 0 aromatic rings. The van der Waals surface area contributed by atoms with Gasteiger partial charge in [-0.2, -0.15) is 0 Å². The highest BCUT2D eigenvalue weighted by Crippen LogP contribution is 2.51. The van der Waals surface area contributed by atoms with Gasteiger partial charge in [0.05, 0.1) is 5.92 Å². The molecule has 1 saturated heterocycles. The third-order valence-corrected chi connectivity index (χ3v) is 5.53. The number of nitrogens with one attached hydrogen (secondary N) is 1. The topological polar surface area (TPSA) is 52.6 Å². The number of hydrogen-bond donors (Lipinski definition) is 2. The van der Waals surface area contributed by atoms with Gasteiger partial charge in [0, 0.05) is 25.2 Å². The van der Waals surface area contributed by atoms with E-state index in [1.165, 1.54) is 25.9 Å². The van der Waals surface area contributed by atoms with E-state index < -0.39 is 5.97 Å². The van der Waals surface area contributed by atoms with Crippen molar-refractivity contribution in [2.45, 2.75) is 44.7 Å². The van der Waals surface area contributed by atoms with E-state index in [0.717, 1.165) is 18.9 Å². The molecule has 0 aromatic carbocycles. The third kappa shape index (κ3) is 1.86. The number of nitrogens with zero attached hydrogens (tertiary/aromatic N) is 1. The molecule has 0 bridgehead atoms. The van der Waals surface area contributed by atoms with Crippen LogP contribution in [0.15, 0.2) is 0 Å². The minimum Gasteiger partial charge on any atom is -0.481 e. The van der Waals surface area contributed by atoms with Gasteiger partial charge < -0.3 is 10.4 Å². The first-order valence-electron chi connectivity index (χ1n) is 7.17. The molecule has 18 heavy (non-hydrogen) atoms. The summed E-state index contributed by atoms with van der Waals surface area (Å²) >= 11 is 0. The van der Waals surface area contributed by atoms with E-state index >= 15 is 0 Å². The Labute approximate surface area is 109 Å². The van der Waals surface area contributed by atoms with Crippen LogP contribution in [0, 0.1) is 17.3 Å². The van der Waals surface area contributed by atoms with E-state index in [1.54, 1.807) is 0 Å². The predicted molar refractivity (Wildman–Crippen MR) is 69.4 cm³/mol. The molecule has 2 saturated carbocycles. The van der Waals surface area contributed by atoms with Crippen LogP contribution in [0.2, 0.25) is 0 Å². The van der Waals surface area contributed by atoms with Crippen molar-refractivity contribution < 1.29 is 9.90 Å². The van der Waals surface area contributed by atoms with Gasteiger partial charge in [0.1, 0.15) is 0 Å². The van der Waals surface area contributed by atoms with Crippen LogP contribution in [0.3, 0.4) is 0 Å². The van der Waals surface area contributed by atoms with Crippen LogP contribution in [-0.4, -0.2) is 48.2 Å². The summed E-state index contributed by atoms with van der Waals surface area (Å²) in [6.45, 7) is 4.50. The van der Waals surface area contributed by atoms with Gasteiger partial charge in [-0.05, 0) is 44.1 Å². The summed E-state index contributed by atoms with van der Waals surface area (Å²) in [6, 6.07) is 1.25. The smallest absolute Gasteiger partial charge is 0.306 e. The molecule has 0 aromatic heterocycles. The fourth-order valence-electron chi connectivity index (χ4n) is 4.38. The molecular weight excluding hydrogens is 228 g/mol. The predicted octanol–water partition coefficient (Wildman–Crippen LogP) is 1.17.